The van der Waals surface area contributed by atoms with E-state index in [2.05, 4.69) is 16.0 Å². The normalized spacial score (nSPS) is 16.0. The molecule has 0 rings (SSSR count). The lowest BCUT2D eigenvalue weighted by molar-refractivity contribution is -0.139. The van der Waals surface area contributed by atoms with Crippen molar-refractivity contribution in [3.05, 3.63) is 0 Å². The monoisotopic (exact) mass is 403 g/mol. The molecule has 0 saturated carbocycles. The minimum atomic E-state index is -1.45. The predicted molar refractivity (Wildman–Crippen MR) is 97.4 cm³/mol. The summed E-state index contributed by atoms with van der Waals surface area (Å²) in [5.74, 6) is -4.89. The van der Waals surface area contributed by atoms with Gasteiger partial charge in [0, 0.05) is 0 Å². The van der Waals surface area contributed by atoms with Gasteiger partial charge in [0.1, 0.15) is 18.6 Å². The van der Waals surface area contributed by atoms with Crippen LogP contribution in [0.5, 0.6) is 0 Å². The maximum absolute atomic E-state index is 12.5. The first-order valence-corrected chi connectivity index (χ1v) is 8.72. The van der Waals surface area contributed by atoms with Gasteiger partial charge in [0.05, 0.1) is 18.6 Å². The van der Waals surface area contributed by atoms with Crippen LogP contribution in [0.2, 0.25) is 0 Å². The molecule has 4 amide bonds. The number of carboxylic acids is 1. The molecule has 0 aliphatic carbocycles. The first-order chi connectivity index (χ1) is 12.9. The molecule has 0 spiro atoms. The Bertz CT molecular complexity index is 596. The van der Waals surface area contributed by atoms with Crippen molar-refractivity contribution in [3.8, 4) is 0 Å². The molecular weight excluding hydrogens is 374 g/mol. The zero-order valence-corrected chi connectivity index (χ0v) is 16.1. The molecule has 0 bridgehead atoms. The fraction of sp³-hybridized carbons (Fsp3) is 0.688. The second-order valence-electron chi connectivity index (χ2n) is 6.49. The summed E-state index contributed by atoms with van der Waals surface area (Å²) in [6.07, 6.45) is -1.31. The van der Waals surface area contributed by atoms with Crippen LogP contribution < -0.4 is 27.4 Å². The number of hydrogen-bond acceptors (Lipinski definition) is 7. The third-order valence-electron chi connectivity index (χ3n) is 4.03. The van der Waals surface area contributed by atoms with Gasteiger partial charge in [-0.2, -0.15) is 0 Å². The van der Waals surface area contributed by atoms with E-state index in [1.54, 1.807) is 13.8 Å². The van der Waals surface area contributed by atoms with E-state index in [9.17, 15) is 29.1 Å². The number of rotatable bonds is 12. The zero-order valence-electron chi connectivity index (χ0n) is 16.1. The molecule has 0 aromatic rings. The molecule has 5 atom stereocenters. The van der Waals surface area contributed by atoms with Crippen molar-refractivity contribution in [2.75, 3.05) is 6.54 Å². The summed E-state index contributed by atoms with van der Waals surface area (Å²) >= 11 is 0. The lowest BCUT2D eigenvalue weighted by atomic mass is 9.97. The molecule has 0 heterocycles. The Labute approximate surface area is 162 Å². The Morgan fingerprint density at radius 2 is 1.50 bits per heavy atom. The highest BCUT2D eigenvalue weighted by Crippen LogP contribution is 2.09. The minimum Gasteiger partial charge on any atom is -0.480 e. The number of carboxylic acid groups (broad SMARTS) is 1. The topological polar surface area (TPSA) is 214 Å². The Kier molecular flexibility index (Phi) is 10.7. The highest BCUT2D eigenvalue weighted by atomic mass is 16.4. The van der Waals surface area contributed by atoms with Gasteiger partial charge in [-0.25, -0.2) is 0 Å². The third-order valence-corrected chi connectivity index (χ3v) is 4.03. The van der Waals surface area contributed by atoms with E-state index in [0.717, 1.165) is 0 Å². The Morgan fingerprint density at radius 3 is 1.93 bits per heavy atom. The molecule has 5 unspecified atom stereocenters. The number of aliphatic hydroxyl groups is 1. The van der Waals surface area contributed by atoms with E-state index in [4.69, 9.17) is 16.6 Å². The van der Waals surface area contributed by atoms with Gasteiger partial charge in [0.15, 0.2) is 0 Å². The SMILES string of the molecule is CCC(C)C(NC(=O)C(NC(=O)C(N)CC(N)=O)C(C)O)C(=O)NCC(=O)O. The summed E-state index contributed by atoms with van der Waals surface area (Å²) in [6.45, 7) is 4.06. The highest BCUT2D eigenvalue weighted by Gasteiger charge is 2.33. The van der Waals surface area contributed by atoms with E-state index in [1.165, 1.54) is 6.92 Å². The molecule has 12 nitrogen and oxygen atoms in total. The van der Waals surface area contributed by atoms with E-state index >= 15 is 0 Å². The van der Waals surface area contributed by atoms with Crippen molar-refractivity contribution in [2.24, 2.45) is 17.4 Å². The number of primary amides is 1. The highest BCUT2D eigenvalue weighted by molar-refractivity contribution is 5.95. The van der Waals surface area contributed by atoms with Gasteiger partial charge in [-0.3, -0.25) is 24.0 Å². The lowest BCUT2D eigenvalue weighted by Crippen LogP contribution is -2.60. The van der Waals surface area contributed by atoms with Crippen LogP contribution in [0.4, 0.5) is 0 Å². The fourth-order valence-corrected chi connectivity index (χ4v) is 2.19. The van der Waals surface area contributed by atoms with Crippen molar-refractivity contribution in [1.29, 1.82) is 0 Å². The summed E-state index contributed by atoms with van der Waals surface area (Å²) in [7, 11) is 0. The molecule has 160 valence electrons. The summed E-state index contributed by atoms with van der Waals surface area (Å²) in [5.41, 5.74) is 10.5. The van der Waals surface area contributed by atoms with Crippen LogP contribution in [0.3, 0.4) is 0 Å². The molecule has 0 saturated heterocycles. The smallest absolute Gasteiger partial charge is 0.322 e. The van der Waals surface area contributed by atoms with Crippen LogP contribution in [0.1, 0.15) is 33.6 Å². The number of carbonyl (C=O) groups is 5. The summed E-state index contributed by atoms with van der Waals surface area (Å²) in [4.78, 5) is 58.2. The van der Waals surface area contributed by atoms with Gasteiger partial charge in [0.2, 0.25) is 23.6 Å². The maximum atomic E-state index is 12.5. The van der Waals surface area contributed by atoms with Crippen LogP contribution in [0.25, 0.3) is 0 Å². The first kappa shape index (κ1) is 25.3. The molecule has 0 fully saturated rings. The van der Waals surface area contributed by atoms with Gasteiger partial charge >= 0.3 is 5.97 Å². The second kappa shape index (κ2) is 11.9. The maximum Gasteiger partial charge on any atom is 0.322 e. The van der Waals surface area contributed by atoms with E-state index in [1.807, 2.05) is 0 Å². The summed E-state index contributed by atoms with van der Waals surface area (Å²) < 4.78 is 0. The standard InChI is InChI=1S/C16H29N5O7/c1-4-7(2)12(15(27)19-6-11(24)25)20-16(28)13(8(3)22)21-14(26)9(17)5-10(18)23/h7-9,12-13,22H,4-6,17H2,1-3H3,(H2,18,23)(H,19,27)(H,20,28)(H,21,26)(H,24,25). The molecule has 0 aliphatic rings. The van der Waals surface area contributed by atoms with Crippen LogP contribution in [0, 0.1) is 5.92 Å². The molecule has 0 aromatic carbocycles. The lowest BCUT2D eigenvalue weighted by Gasteiger charge is -2.27. The van der Waals surface area contributed by atoms with Crippen LogP contribution in [0.15, 0.2) is 0 Å². The summed E-state index contributed by atoms with van der Waals surface area (Å²) in [6, 6.07) is -3.85. The van der Waals surface area contributed by atoms with Gasteiger partial charge in [-0.15, -0.1) is 0 Å². The Balaban J connectivity index is 5.23. The van der Waals surface area contributed by atoms with Gasteiger partial charge in [-0.1, -0.05) is 20.3 Å². The minimum absolute atomic E-state index is 0.361. The van der Waals surface area contributed by atoms with Crippen LogP contribution in [-0.2, 0) is 24.0 Å². The van der Waals surface area contributed by atoms with Crippen molar-refractivity contribution < 1.29 is 34.2 Å². The quantitative estimate of drug-likeness (QED) is 0.175. The number of aliphatic carboxylic acids is 1. The van der Waals surface area contributed by atoms with Gasteiger partial charge in [-0.05, 0) is 12.8 Å². The average molecular weight is 403 g/mol. The molecule has 0 aromatic heterocycles. The van der Waals surface area contributed by atoms with E-state index in [-0.39, 0.29) is 5.92 Å². The van der Waals surface area contributed by atoms with E-state index < -0.39 is 66.8 Å². The van der Waals surface area contributed by atoms with Crippen molar-refractivity contribution in [3.63, 3.8) is 0 Å². The third kappa shape index (κ3) is 8.77. The molecule has 28 heavy (non-hydrogen) atoms. The van der Waals surface area contributed by atoms with Crippen molar-refractivity contribution >= 4 is 29.6 Å². The van der Waals surface area contributed by atoms with Crippen LogP contribution in [-0.4, -0.2) is 70.6 Å². The molecule has 0 aliphatic heterocycles. The molecule has 12 heteroatoms. The van der Waals surface area contributed by atoms with Gasteiger partial charge < -0.3 is 37.6 Å². The van der Waals surface area contributed by atoms with E-state index in [0.29, 0.717) is 6.42 Å². The number of nitrogens with two attached hydrogens (primary N) is 2. The van der Waals surface area contributed by atoms with Crippen molar-refractivity contribution in [1.82, 2.24) is 16.0 Å². The Hall–Kier alpha value is -2.73. The Morgan fingerprint density at radius 1 is 0.964 bits per heavy atom. The number of nitrogens with one attached hydrogen (secondary N) is 3. The average Bonchev–Trinajstić information content (AvgIpc) is 2.59. The molecule has 0 radical (unpaired) electrons. The number of amides is 4. The first-order valence-electron chi connectivity index (χ1n) is 8.72. The number of carbonyl (C=O) groups excluding carboxylic acids is 4. The van der Waals surface area contributed by atoms with Crippen molar-refractivity contribution in [2.45, 2.75) is 57.8 Å². The number of aliphatic hydroxyl groups excluding tert-OH is 1. The fourth-order valence-electron chi connectivity index (χ4n) is 2.19. The summed E-state index contributed by atoms with van der Waals surface area (Å²) in [5, 5.41) is 25.3. The van der Waals surface area contributed by atoms with Crippen LogP contribution >= 0.6 is 0 Å². The molecular formula is C16H29N5O7. The van der Waals surface area contributed by atoms with Gasteiger partial charge in [0.25, 0.3) is 0 Å². The number of hydrogen-bond donors (Lipinski definition) is 7. The predicted octanol–water partition coefficient (Wildman–Crippen LogP) is -3.21. The second-order valence-corrected chi connectivity index (χ2v) is 6.49. The zero-order chi connectivity index (χ0) is 22.0. The largest absolute Gasteiger partial charge is 0.480 e. The molecule has 9 N–H and O–H groups in total.